The molecule has 0 atom stereocenters. The number of hydrogen-bond donors (Lipinski definition) is 2. The maximum atomic E-state index is 7.10. The van der Waals surface area contributed by atoms with Crippen LogP contribution in [0.15, 0.2) is 35.4 Å². The summed E-state index contributed by atoms with van der Waals surface area (Å²) >= 11 is 0. The summed E-state index contributed by atoms with van der Waals surface area (Å²) in [7, 11) is 5.15. The lowest BCUT2D eigenvalue weighted by molar-refractivity contribution is 0.399. The quantitative estimate of drug-likeness (QED) is 0.287. The van der Waals surface area contributed by atoms with Crippen molar-refractivity contribution >= 4 is 14.1 Å². The molecule has 0 unspecified atom stereocenters. The van der Waals surface area contributed by atoms with E-state index >= 15 is 0 Å². The van der Waals surface area contributed by atoms with Crippen LogP contribution in [-0.2, 0) is 0 Å². The lowest BCUT2D eigenvalue weighted by atomic mass is 10.2. The molecule has 1 rings (SSSR count). The van der Waals surface area contributed by atoms with E-state index in [9.17, 15) is 0 Å². The Morgan fingerprint density at radius 1 is 1.43 bits per heavy atom. The standard InChI is InChI=1S/C7H8N2.CBN.CH4O/c8-9-6-7-4-2-1-3-5-7;2-1-3;1-2/h1-6H,8H2;;2H,1H3. The Morgan fingerprint density at radius 2 is 1.86 bits per heavy atom. The molecule has 0 saturated heterocycles. The molecule has 2 radical (unpaired) electrons. The Labute approximate surface area is 85.1 Å². The number of benzene rings is 1. The number of nitrogens with zero attached hydrogens (tertiary/aromatic N) is 2. The summed E-state index contributed by atoms with van der Waals surface area (Å²) in [5, 5.41) is 17.5. The Hall–Kier alpha value is -1.80. The number of aliphatic hydroxyl groups excluding tert-OH is 1. The maximum absolute atomic E-state index is 7.10. The van der Waals surface area contributed by atoms with Crippen LogP contribution in [0.1, 0.15) is 5.56 Å². The molecule has 0 fully saturated rings. The van der Waals surface area contributed by atoms with Crippen molar-refractivity contribution in [2.75, 3.05) is 7.11 Å². The normalized spacial score (nSPS) is 7.50. The van der Waals surface area contributed by atoms with Gasteiger partial charge in [0, 0.05) is 7.11 Å². The van der Waals surface area contributed by atoms with Crippen LogP contribution in [0, 0.1) is 11.2 Å². The number of hydrogen-bond acceptors (Lipinski definition) is 4. The van der Waals surface area contributed by atoms with E-state index < -0.39 is 0 Å². The molecule has 4 nitrogen and oxygen atoms in total. The first-order valence-electron chi connectivity index (χ1n) is 3.68. The second-order valence-electron chi connectivity index (χ2n) is 1.82. The van der Waals surface area contributed by atoms with Crippen molar-refractivity contribution in [1.29, 1.82) is 5.26 Å². The Morgan fingerprint density at radius 3 is 2.21 bits per heavy atom. The number of rotatable bonds is 1. The fourth-order valence-electron chi connectivity index (χ4n) is 0.625. The van der Waals surface area contributed by atoms with Crippen molar-refractivity contribution in [3.63, 3.8) is 0 Å². The van der Waals surface area contributed by atoms with E-state index in [1.165, 1.54) is 5.97 Å². The summed E-state index contributed by atoms with van der Waals surface area (Å²) < 4.78 is 0. The highest BCUT2D eigenvalue weighted by molar-refractivity contribution is 6.20. The van der Waals surface area contributed by atoms with Crippen molar-refractivity contribution in [2.45, 2.75) is 0 Å². The lowest BCUT2D eigenvalue weighted by Gasteiger charge is -1.85. The van der Waals surface area contributed by atoms with Crippen LogP contribution >= 0.6 is 0 Å². The van der Waals surface area contributed by atoms with Crippen molar-refractivity contribution in [1.82, 2.24) is 0 Å². The van der Waals surface area contributed by atoms with Crippen LogP contribution in [0.2, 0.25) is 0 Å². The molecule has 0 bridgehead atoms. The van der Waals surface area contributed by atoms with Gasteiger partial charge in [-0.2, -0.15) is 5.10 Å². The molecule has 5 heteroatoms. The van der Waals surface area contributed by atoms with Crippen LogP contribution < -0.4 is 5.84 Å². The van der Waals surface area contributed by atoms with Gasteiger partial charge in [0.15, 0.2) is 0 Å². The van der Waals surface area contributed by atoms with Crippen LogP contribution in [0.5, 0.6) is 0 Å². The summed E-state index contributed by atoms with van der Waals surface area (Å²) in [6.07, 6.45) is 1.61. The molecule has 0 spiro atoms. The SMILES string of the molecule is CO.NN=Cc1ccccc1.[B]C#N. The van der Waals surface area contributed by atoms with Crippen molar-refractivity contribution in [3.05, 3.63) is 35.9 Å². The first-order valence-corrected chi connectivity index (χ1v) is 3.68. The predicted octanol–water partition coefficient (Wildman–Crippen LogP) is 0.224. The van der Waals surface area contributed by atoms with Gasteiger partial charge < -0.3 is 10.9 Å². The molecule has 72 valence electrons. The van der Waals surface area contributed by atoms with Gasteiger partial charge in [0.2, 0.25) is 7.85 Å². The van der Waals surface area contributed by atoms with E-state index in [1.807, 2.05) is 30.3 Å². The molecule has 1 aromatic rings. The summed E-state index contributed by atoms with van der Waals surface area (Å²) in [6, 6.07) is 9.72. The zero-order valence-electron chi connectivity index (χ0n) is 7.96. The van der Waals surface area contributed by atoms with E-state index in [-0.39, 0.29) is 0 Å². The maximum Gasteiger partial charge on any atom is 0.229 e. The molecule has 14 heavy (non-hydrogen) atoms. The molecule has 0 amide bonds. The van der Waals surface area contributed by atoms with E-state index in [4.69, 9.17) is 16.2 Å². The number of nitriles is 1. The molecule has 1 aromatic carbocycles. The minimum absolute atomic E-state index is 1.00. The molecular formula is C9H12BN3O. The molecule has 0 saturated carbocycles. The van der Waals surface area contributed by atoms with Crippen molar-refractivity contribution < 1.29 is 5.11 Å². The zero-order valence-corrected chi connectivity index (χ0v) is 7.96. The van der Waals surface area contributed by atoms with Crippen LogP contribution in [0.3, 0.4) is 0 Å². The van der Waals surface area contributed by atoms with Gasteiger partial charge in [0.1, 0.15) is 0 Å². The van der Waals surface area contributed by atoms with Gasteiger partial charge in [-0.25, -0.2) is 5.26 Å². The molecule has 0 aliphatic heterocycles. The Kier molecular flexibility index (Phi) is 14.5. The van der Waals surface area contributed by atoms with Gasteiger partial charge in [0.05, 0.1) is 6.21 Å². The molecule has 0 aromatic heterocycles. The monoisotopic (exact) mass is 189 g/mol. The minimum atomic E-state index is 1.00. The first-order chi connectivity index (χ1) is 6.85. The molecule has 0 heterocycles. The summed E-state index contributed by atoms with van der Waals surface area (Å²) in [6.45, 7) is 0. The third kappa shape index (κ3) is 10.2. The average molecular weight is 189 g/mol. The van der Waals surface area contributed by atoms with Gasteiger partial charge in [-0.3, -0.25) is 0 Å². The van der Waals surface area contributed by atoms with E-state index in [0.717, 1.165) is 12.7 Å². The second-order valence-corrected chi connectivity index (χ2v) is 1.82. The highest BCUT2D eigenvalue weighted by Gasteiger charge is 1.79. The zero-order chi connectivity index (χ0) is 11.2. The predicted molar refractivity (Wildman–Crippen MR) is 57.7 cm³/mol. The minimum Gasteiger partial charge on any atom is -0.400 e. The smallest absolute Gasteiger partial charge is 0.229 e. The largest absolute Gasteiger partial charge is 0.400 e. The lowest BCUT2D eigenvalue weighted by Crippen LogP contribution is -1.83. The number of nitrogens with two attached hydrogens (primary N) is 1. The fraction of sp³-hybridized carbons (Fsp3) is 0.111. The van der Waals surface area contributed by atoms with Gasteiger partial charge in [0.25, 0.3) is 0 Å². The highest BCUT2D eigenvalue weighted by atomic mass is 16.2. The van der Waals surface area contributed by atoms with E-state index in [2.05, 4.69) is 12.9 Å². The third-order valence-corrected chi connectivity index (χ3v) is 1.02. The summed E-state index contributed by atoms with van der Waals surface area (Å²) in [5.41, 5.74) is 1.03. The first kappa shape index (κ1) is 14.7. The third-order valence-electron chi connectivity index (χ3n) is 1.02. The van der Waals surface area contributed by atoms with Gasteiger partial charge >= 0.3 is 0 Å². The van der Waals surface area contributed by atoms with E-state index in [0.29, 0.717) is 0 Å². The molecular weight excluding hydrogens is 177 g/mol. The highest BCUT2D eigenvalue weighted by Crippen LogP contribution is 1.92. The van der Waals surface area contributed by atoms with Gasteiger partial charge in [-0.1, -0.05) is 30.3 Å². The second kappa shape index (κ2) is 13.8. The molecule has 0 aliphatic carbocycles. The van der Waals surface area contributed by atoms with Crippen molar-refractivity contribution in [3.8, 4) is 5.97 Å². The van der Waals surface area contributed by atoms with Crippen LogP contribution in [0.25, 0.3) is 0 Å². The Balaban J connectivity index is 0. The molecule has 3 N–H and O–H groups in total. The molecule has 0 aliphatic rings. The summed E-state index contributed by atoms with van der Waals surface area (Å²) in [4.78, 5) is 0. The van der Waals surface area contributed by atoms with Crippen molar-refractivity contribution in [2.24, 2.45) is 10.9 Å². The number of hydrazone groups is 1. The average Bonchev–Trinajstić information content (AvgIpc) is 2.24. The van der Waals surface area contributed by atoms with Gasteiger partial charge in [-0.15, -0.1) is 0 Å². The van der Waals surface area contributed by atoms with Gasteiger partial charge in [-0.05, 0) is 11.5 Å². The van der Waals surface area contributed by atoms with Crippen LogP contribution in [-0.4, -0.2) is 26.3 Å². The number of aliphatic hydroxyl groups is 1. The van der Waals surface area contributed by atoms with E-state index in [1.54, 1.807) is 6.21 Å². The fourth-order valence-corrected chi connectivity index (χ4v) is 0.625. The Bertz CT molecular complexity index is 269. The van der Waals surface area contributed by atoms with Crippen LogP contribution in [0.4, 0.5) is 0 Å². The topological polar surface area (TPSA) is 82.4 Å². The summed E-state index contributed by atoms with van der Waals surface area (Å²) in [5.74, 6) is 6.18.